The number of nitrogens with zero attached hydrogens (tertiary/aromatic N) is 4. The first-order valence-electron chi connectivity index (χ1n) is 23.1. The van der Waals surface area contributed by atoms with Gasteiger partial charge in [-0.25, -0.2) is 0 Å². The Bertz CT molecular complexity index is 3600. The molecule has 0 unspecified atom stereocenters. The number of benzene rings is 7. The van der Waals surface area contributed by atoms with E-state index < -0.39 is 0 Å². The predicted octanol–water partition coefficient (Wildman–Crippen LogP) is 16.1. The van der Waals surface area contributed by atoms with Gasteiger partial charge in [-0.05, 0) is 125 Å². The van der Waals surface area contributed by atoms with Crippen LogP contribution in [-0.4, -0.2) is 18.7 Å². The highest BCUT2D eigenvalue weighted by Crippen LogP contribution is 2.41. The molecule has 0 saturated heterocycles. The maximum atomic E-state index is 4.92. The van der Waals surface area contributed by atoms with Gasteiger partial charge >= 0.3 is 0 Å². The third-order valence-corrected chi connectivity index (χ3v) is 13.9. The SMILES string of the molecule is CC(C)(C)c1ccc2c(c1)c1cc(C(C)(C)C)ccc1n2-c1ccc(-c2cncc(-c3cc(-n4c5c(c6ccccc64)C=CCC5)cc(-n4c5ccccc5c5ccccc54)c3)c2)cc1. The van der Waals surface area contributed by atoms with E-state index in [1.165, 1.54) is 76.9 Å². The van der Waals surface area contributed by atoms with Gasteiger partial charge in [0.15, 0.2) is 0 Å². The number of hydrogen-bond donors (Lipinski definition) is 0. The van der Waals surface area contributed by atoms with Gasteiger partial charge in [-0.2, -0.15) is 0 Å². The van der Waals surface area contributed by atoms with Crippen LogP contribution in [0.4, 0.5) is 0 Å². The Balaban J connectivity index is 1.01. The Hall–Kier alpha value is -7.43. The molecule has 0 radical (unpaired) electrons. The molecule has 11 aromatic rings. The highest BCUT2D eigenvalue weighted by Gasteiger charge is 2.23. The summed E-state index contributed by atoms with van der Waals surface area (Å²) in [5, 5.41) is 6.39. The van der Waals surface area contributed by atoms with E-state index in [9.17, 15) is 0 Å². The van der Waals surface area contributed by atoms with E-state index >= 15 is 0 Å². The van der Waals surface area contributed by atoms with E-state index in [-0.39, 0.29) is 10.8 Å². The average molecular weight is 841 g/mol. The molecule has 0 spiro atoms. The summed E-state index contributed by atoms with van der Waals surface area (Å²) in [6, 6.07) is 59.0. The van der Waals surface area contributed by atoms with Crippen LogP contribution in [0.2, 0.25) is 0 Å². The minimum Gasteiger partial charge on any atom is -0.313 e. The molecular formula is C61H52N4. The van der Waals surface area contributed by atoms with Crippen LogP contribution >= 0.6 is 0 Å². The highest BCUT2D eigenvalue weighted by atomic mass is 15.0. The summed E-state index contributed by atoms with van der Waals surface area (Å²) in [6.07, 6.45) is 10.7. The lowest BCUT2D eigenvalue weighted by molar-refractivity contribution is 0.590. The summed E-state index contributed by atoms with van der Waals surface area (Å²) in [4.78, 5) is 4.92. The Morgan fingerprint density at radius 2 is 0.892 bits per heavy atom. The maximum Gasteiger partial charge on any atom is 0.0541 e. The molecule has 65 heavy (non-hydrogen) atoms. The minimum absolute atomic E-state index is 0.0517. The first-order valence-corrected chi connectivity index (χ1v) is 23.1. The van der Waals surface area contributed by atoms with E-state index in [2.05, 4.69) is 225 Å². The summed E-state index contributed by atoms with van der Waals surface area (Å²) in [7, 11) is 0. The number of hydrogen-bond acceptors (Lipinski definition) is 1. The van der Waals surface area contributed by atoms with Crippen molar-refractivity contribution in [3.05, 3.63) is 199 Å². The lowest BCUT2D eigenvalue weighted by Gasteiger charge is -2.19. The molecule has 0 fully saturated rings. The smallest absolute Gasteiger partial charge is 0.0541 e. The summed E-state index contributed by atoms with van der Waals surface area (Å²) in [5.74, 6) is 0. The first-order chi connectivity index (χ1) is 31.5. The normalized spacial score (nSPS) is 13.2. The molecule has 316 valence electrons. The van der Waals surface area contributed by atoms with Gasteiger partial charge < -0.3 is 13.7 Å². The van der Waals surface area contributed by atoms with Crippen LogP contribution < -0.4 is 0 Å². The Labute approximate surface area is 380 Å². The zero-order valence-electron chi connectivity index (χ0n) is 38.0. The number of pyridine rings is 1. The second-order valence-corrected chi connectivity index (χ2v) is 20.1. The van der Waals surface area contributed by atoms with Crippen molar-refractivity contribution in [2.75, 3.05) is 0 Å². The fraction of sp³-hybridized carbons (Fsp3) is 0.164. The Kier molecular flexibility index (Phi) is 8.77. The number of aromatic nitrogens is 4. The van der Waals surface area contributed by atoms with Crippen LogP contribution in [0.3, 0.4) is 0 Å². The molecule has 0 bridgehead atoms. The van der Waals surface area contributed by atoms with Gasteiger partial charge in [-0.1, -0.05) is 133 Å². The largest absolute Gasteiger partial charge is 0.313 e. The third-order valence-electron chi connectivity index (χ3n) is 13.9. The Morgan fingerprint density at radius 1 is 0.400 bits per heavy atom. The van der Waals surface area contributed by atoms with Crippen LogP contribution in [0.1, 0.15) is 70.3 Å². The van der Waals surface area contributed by atoms with Crippen LogP contribution in [0.25, 0.3) is 99.9 Å². The van der Waals surface area contributed by atoms with E-state index in [0.717, 1.165) is 52.2 Å². The molecule has 4 nitrogen and oxygen atoms in total. The van der Waals surface area contributed by atoms with Crippen molar-refractivity contribution < 1.29 is 0 Å². The second kappa shape index (κ2) is 14.6. The molecular weight excluding hydrogens is 789 g/mol. The quantitative estimate of drug-likeness (QED) is 0.170. The van der Waals surface area contributed by atoms with Gasteiger partial charge in [0.25, 0.3) is 0 Å². The maximum absolute atomic E-state index is 4.92. The molecule has 0 amide bonds. The standard InChI is InChI=1S/C61H52N4/c1-60(2,3)43-25-29-58-52(34-43)53-35-44(61(4,5)6)26-30-59(53)63(58)45-27-23-39(24-28-45)41-31-42(38-62-37-41)40-32-46(64-54-19-11-7-15-48(54)49-16-8-12-20-55(49)64)36-47(33-40)65-56-21-13-9-17-50(56)51-18-10-14-22-57(51)65/h7-13,15-21,23-38H,14,22H2,1-6H3. The van der Waals surface area contributed by atoms with Crippen molar-refractivity contribution in [1.82, 2.24) is 18.7 Å². The van der Waals surface area contributed by atoms with Gasteiger partial charge in [0, 0.05) is 78.8 Å². The van der Waals surface area contributed by atoms with Crippen molar-refractivity contribution >= 4 is 60.6 Å². The average Bonchev–Trinajstić information content (AvgIpc) is 3.96. The van der Waals surface area contributed by atoms with Crippen molar-refractivity contribution in [3.63, 3.8) is 0 Å². The zero-order chi connectivity index (χ0) is 44.2. The van der Waals surface area contributed by atoms with Crippen LogP contribution in [0.15, 0.2) is 176 Å². The summed E-state index contributed by atoms with van der Waals surface area (Å²) in [5.41, 5.74) is 19.4. The molecule has 4 aromatic heterocycles. The van der Waals surface area contributed by atoms with Gasteiger partial charge in [0.1, 0.15) is 0 Å². The number of para-hydroxylation sites is 3. The lowest BCUT2D eigenvalue weighted by Crippen LogP contribution is -2.10. The molecule has 1 aliphatic rings. The number of fused-ring (bicyclic) bond motifs is 9. The summed E-state index contributed by atoms with van der Waals surface area (Å²) >= 11 is 0. The molecule has 4 heterocycles. The van der Waals surface area contributed by atoms with E-state index in [4.69, 9.17) is 4.98 Å². The summed E-state index contributed by atoms with van der Waals surface area (Å²) < 4.78 is 7.38. The van der Waals surface area contributed by atoms with Crippen molar-refractivity contribution in [2.45, 2.75) is 65.2 Å². The van der Waals surface area contributed by atoms with Gasteiger partial charge in [0.2, 0.25) is 0 Å². The summed E-state index contributed by atoms with van der Waals surface area (Å²) in [6.45, 7) is 13.8. The zero-order valence-corrected chi connectivity index (χ0v) is 38.0. The molecule has 0 aliphatic heterocycles. The van der Waals surface area contributed by atoms with Gasteiger partial charge in [-0.15, -0.1) is 0 Å². The molecule has 0 saturated carbocycles. The molecule has 4 heteroatoms. The third kappa shape index (κ3) is 6.37. The highest BCUT2D eigenvalue weighted by molar-refractivity contribution is 6.11. The molecule has 12 rings (SSSR count). The molecule has 0 N–H and O–H groups in total. The van der Waals surface area contributed by atoms with E-state index in [0.29, 0.717) is 0 Å². The van der Waals surface area contributed by atoms with Gasteiger partial charge in [-0.3, -0.25) is 4.98 Å². The Morgan fingerprint density at radius 3 is 1.48 bits per heavy atom. The molecule has 7 aromatic carbocycles. The fourth-order valence-corrected chi connectivity index (χ4v) is 10.5. The number of rotatable bonds is 5. The molecule has 0 atom stereocenters. The molecule has 1 aliphatic carbocycles. The first kappa shape index (κ1) is 39.2. The fourth-order valence-electron chi connectivity index (χ4n) is 10.5. The van der Waals surface area contributed by atoms with Crippen molar-refractivity contribution in [3.8, 4) is 39.3 Å². The minimum atomic E-state index is 0.0517. The monoisotopic (exact) mass is 840 g/mol. The van der Waals surface area contributed by atoms with Crippen LogP contribution in [0.5, 0.6) is 0 Å². The number of allylic oxidation sites excluding steroid dienone is 1. The van der Waals surface area contributed by atoms with Crippen LogP contribution in [-0.2, 0) is 17.3 Å². The predicted molar refractivity (Wildman–Crippen MR) is 275 cm³/mol. The van der Waals surface area contributed by atoms with Gasteiger partial charge in [0.05, 0.1) is 27.6 Å². The van der Waals surface area contributed by atoms with Crippen LogP contribution in [0, 0.1) is 0 Å². The topological polar surface area (TPSA) is 27.7 Å². The van der Waals surface area contributed by atoms with Crippen molar-refractivity contribution in [2.24, 2.45) is 0 Å². The van der Waals surface area contributed by atoms with E-state index in [1.54, 1.807) is 0 Å². The second-order valence-electron chi connectivity index (χ2n) is 20.1. The lowest BCUT2D eigenvalue weighted by atomic mass is 9.85. The van der Waals surface area contributed by atoms with E-state index in [1.807, 2.05) is 12.4 Å². The van der Waals surface area contributed by atoms with Crippen molar-refractivity contribution in [1.29, 1.82) is 0 Å².